The van der Waals surface area contributed by atoms with Gasteiger partial charge >= 0.3 is 0 Å². The van der Waals surface area contributed by atoms with Crippen LogP contribution in [0.5, 0.6) is 5.88 Å². The molecule has 0 aliphatic rings. The maximum absolute atomic E-state index is 5.05. The number of nitrogens with one attached hydrogen (secondary N) is 1. The minimum atomic E-state index is 0.304. The molecular formula is C13H19N5O. The molecule has 0 aromatic carbocycles. The zero-order valence-corrected chi connectivity index (χ0v) is 11.5. The number of aryl methyl sites for hydroxylation is 1. The molecule has 6 nitrogen and oxygen atoms in total. The van der Waals surface area contributed by atoms with Crippen LogP contribution in [0.1, 0.15) is 11.4 Å². The molecular weight excluding hydrogens is 242 g/mol. The Morgan fingerprint density at radius 2 is 2.16 bits per heavy atom. The van der Waals surface area contributed by atoms with Crippen molar-refractivity contribution in [1.82, 2.24) is 25.1 Å². The van der Waals surface area contributed by atoms with Gasteiger partial charge in [-0.3, -0.25) is 4.68 Å². The molecule has 1 unspecified atom stereocenters. The van der Waals surface area contributed by atoms with Gasteiger partial charge in [0.25, 0.3) is 0 Å². The second-order valence-electron chi connectivity index (χ2n) is 4.40. The van der Waals surface area contributed by atoms with E-state index in [1.54, 1.807) is 18.1 Å². The normalized spacial score (nSPS) is 12.4. The molecule has 0 bridgehead atoms. The highest BCUT2D eigenvalue weighted by molar-refractivity contribution is 5.18. The third-order valence-electron chi connectivity index (χ3n) is 3.13. The molecule has 2 aromatic rings. The largest absolute Gasteiger partial charge is 0.481 e. The number of ether oxygens (including phenoxy) is 1. The average molecular weight is 261 g/mol. The summed E-state index contributed by atoms with van der Waals surface area (Å²) in [6, 6.07) is 4.22. The monoisotopic (exact) mass is 261 g/mol. The van der Waals surface area contributed by atoms with Gasteiger partial charge in [0.1, 0.15) is 12.2 Å². The first-order valence-electron chi connectivity index (χ1n) is 6.22. The highest BCUT2D eigenvalue weighted by Crippen LogP contribution is 2.10. The van der Waals surface area contributed by atoms with Crippen molar-refractivity contribution in [3.8, 4) is 5.88 Å². The van der Waals surface area contributed by atoms with E-state index in [9.17, 15) is 0 Å². The molecule has 1 N–H and O–H groups in total. The molecule has 1 atom stereocenters. The molecule has 2 aromatic heterocycles. The summed E-state index contributed by atoms with van der Waals surface area (Å²) >= 11 is 0. The minimum absolute atomic E-state index is 0.304. The standard InChI is InChI=1S/C13H19N5O/c1-14-11(7-12-16-9-17-18(12)2)6-10-4-5-13(19-3)15-8-10/h4-5,8-9,11,14H,6-7H2,1-3H3. The van der Waals surface area contributed by atoms with Gasteiger partial charge in [0.2, 0.25) is 5.88 Å². The van der Waals surface area contributed by atoms with Crippen molar-refractivity contribution in [2.75, 3.05) is 14.2 Å². The SMILES string of the molecule is CNC(Cc1ccc(OC)nc1)Cc1ncnn1C. The first-order valence-corrected chi connectivity index (χ1v) is 6.22. The van der Waals surface area contributed by atoms with Gasteiger partial charge in [0.15, 0.2) is 0 Å². The summed E-state index contributed by atoms with van der Waals surface area (Å²) < 4.78 is 6.86. The summed E-state index contributed by atoms with van der Waals surface area (Å²) in [5.74, 6) is 1.61. The summed E-state index contributed by atoms with van der Waals surface area (Å²) in [6.07, 6.45) is 5.15. The molecule has 0 aliphatic carbocycles. The molecule has 6 heteroatoms. The van der Waals surface area contributed by atoms with Gasteiger partial charge in [0.05, 0.1) is 7.11 Å². The Bertz CT molecular complexity index is 508. The van der Waals surface area contributed by atoms with Crippen LogP contribution >= 0.6 is 0 Å². The van der Waals surface area contributed by atoms with E-state index in [1.807, 2.05) is 32.4 Å². The van der Waals surface area contributed by atoms with Crippen LogP contribution in [0.25, 0.3) is 0 Å². The second-order valence-corrected chi connectivity index (χ2v) is 4.40. The van der Waals surface area contributed by atoms with Crippen molar-refractivity contribution < 1.29 is 4.74 Å². The molecule has 2 rings (SSSR count). The smallest absolute Gasteiger partial charge is 0.212 e. The van der Waals surface area contributed by atoms with Crippen LogP contribution in [0, 0.1) is 0 Å². The molecule has 2 heterocycles. The molecule has 19 heavy (non-hydrogen) atoms. The Kier molecular flexibility index (Phi) is 4.46. The number of likely N-dealkylation sites (N-methyl/N-ethyl adjacent to an activating group) is 1. The number of pyridine rings is 1. The highest BCUT2D eigenvalue weighted by atomic mass is 16.5. The van der Waals surface area contributed by atoms with E-state index in [0.29, 0.717) is 11.9 Å². The Morgan fingerprint density at radius 3 is 2.68 bits per heavy atom. The maximum Gasteiger partial charge on any atom is 0.212 e. The van der Waals surface area contributed by atoms with Crippen LogP contribution in [0.4, 0.5) is 0 Å². The van der Waals surface area contributed by atoms with Gasteiger partial charge in [-0.25, -0.2) is 9.97 Å². The van der Waals surface area contributed by atoms with Crippen molar-refractivity contribution in [2.24, 2.45) is 7.05 Å². The topological polar surface area (TPSA) is 64.9 Å². The zero-order chi connectivity index (χ0) is 13.7. The molecule has 0 fully saturated rings. The van der Waals surface area contributed by atoms with Crippen molar-refractivity contribution in [3.63, 3.8) is 0 Å². The van der Waals surface area contributed by atoms with Gasteiger partial charge in [-0.15, -0.1) is 0 Å². The van der Waals surface area contributed by atoms with Crippen molar-refractivity contribution >= 4 is 0 Å². The molecule has 0 amide bonds. The van der Waals surface area contributed by atoms with E-state index in [2.05, 4.69) is 20.4 Å². The van der Waals surface area contributed by atoms with Crippen molar-refractivity contribution in [1.29, 1.82) is 0 Å². The summed E-state index contributed by atoms with van der Waals surface area (Å²) in [5, 5.41) is 7.39. The fraction of sp³-hybridized carbons (Fsp3) is 0.462. The van der Waals surface area contributed by atoms with E-state index in [-0.39, 0.29) is 0 Å². The third-order valence-corrected chi connectivity index (χ3v) is 3.13. The van der Waals surface area contributed by atoms with Crippen LogP contribution in [0.15, 0.2) is 24.7 Å². The molecule has 0 radical (unpaired) electrons. The van der Waals surface area contributed by atoms with E-state index < -0.39 is 0 Å². The third kappa shape index (κ3) is 3.51. The lowest BCUT2D eigenvalue weighted by Crippen LogP contribution is -2.31. The molecule has 102 valence electrons. The zero-order valence-electron chi connectivity index (χ0n) is 11.5. The number of hydrogen-bond donors (Lipinski definition) is 1. The summed E-state index contributed by atoms with van der Waals surface area (Å²) in [7, 11) is 5.48. The highest BCUT2D eigenvalue weighted by Gasteiger charge is 2.12. The fourth-order valence-corrected chi connectivity index (χ4v) is 1.94. The Balaban J connectivity index is 2.00. The van der Waals surface area contributed by atoms with E-state index in [4.69, 9.17) is 4.74 Å². The van der Waals surface area contributed by atoms with Crippen molar-refractivity contribution in [2.45, 2.75) is 18.9 Å². The van der Waals surface area contributed by atoms with Gasteiger partial charge in [0, 0.05) is 31.8 Å². The van der Waals surface area contributed by atoms with E-state index in [1.165, 1.54) is 5.56 Å². The lowest BCUT2D eigenvalue weighted by atomic mass is 10.0. The van der Waals surface area contributed by atoms with Gasteiger partial charge < -0.3 is 10.1 Å². The van der Waals surface area contributed by atoms with Crippen LogP contribution in [-0.4, -0.2) is 39.9 Å². The fourth-order valence-electron chi connectivity index (χ4n) is 1.94. The number of rotatable bonds is 6. The Hall–Kier alpha value is -1.95. The maximum atomic E-state index is 5.05. The minimum Gasteiger partial charge on any atom is -0.481 e. The van der Waals surface area contributed by atoms with Crippen LogP contribution in [0.2, 0.25) is 0 Å². The summed E-state index contributed by atoms with van der Waals surface area (Å²) in [4.78, 5) is 8.46. The first kappa shape index (κ1) is 13.5. The number of methoxy groups -OCH3 is 1. The summed E-state index contributed by atoms with van der Waals surface area (Å²) in [5.41, 5.74) is 1.17. The van der Waals surface area contributed by atoms with E-state index in [0.717, 1.165) is 18.7 Å². The van der Waals surface area contributed by atoms with Crippen LogP contribution in [0.3, 0.4) is 0 Å². The molecule has 0 saturated carbocycles. The number of hydrogen-bond acceptors (Lipinski definition) is 5. The average Bonchev–Trinajstić information content (AvgIpc) is 2.84. The van der Waals surface area contributed by atoms with Crippen molar-refractivity contribution in [3.05, 3.63) is 36.0 Å². The van der Waals surface area contributed by atoms with E-state index >= 15 is 0 Å². The number of nitrogens with zero attached hydrogens (tertiary/aromatic N) is 4. The first-order chi connectivity index (χ1) is 9.22. The molecule has 0 spiro atoms. The summed E-state index contributed by atoms with van der Waals surface area (Å²) in [6.45, 7) is 0. The lowest BCUT2D eigenvalue weighted by molar-refractivity contribution is 0.397. The van der Waals surface area contributed by atoms with Crippen LogP contribution < -0.4 is 10.1 Å². The van der Waals surface area contributed by atoms with Gasteiger partial charge in [-0.1, -0.05) is 6.07 Å². The van der Waals surface area contributed by atoms with Gasteiger partial charge in [-0.05, 0) is 19.0 Å². The predicted molar refractivity (Wildman–Crippen MR) is 72.0 cm³/mol. The lowest BCUT2D eigenvalue weighted by Gasteiger charge is -2.15. The van der Waals surface area contributed by atoms with Gasteiger partial charge in [-0.2, -0.15) is 5.10 Å². The van der Waals surface area contributed by atoms with Crippen LogP contribution in [-0.2, 0) is 19.9 Å². The predicted octanol–water partition coefficient (Wildman–Crippen LogP) is 0.592. The second kappa shape index (κ2) is 6.29. The molecule has 0 saturated heterocycles. The Morgan fingerprint density at radius 1 is 1.32 bits per heavy atom. The molecule has 0 aliphatic heterocycles. The quantitative estimate of drug-likeness (QED) is 0.824. The number of aromatic nitrogens is 4. The Labute approximate surface area is 112 Å².